The second-order valence-electron chi connectivity index (χ2n) is 2.86. The Balaban J connectivity index is 2.16. The number of sulfonamides is 1. The molecule has 0 saturated carbocycles. The molecule has 2 rings (SSSR count). The van der Waals surface area contributed by atoms with E-state index in [-0.39, 0.29) is 6.04 Å². The quantitative estimate of drug-likeness (QED) is 0.674. The molecule has 66 valence electrons. The first-order chi connectivity index (χ1) is 5.59. The molecule has 5 heteroatoms. The Kier molecular flexibility index (Phi) is 1.75. The summed E-state index contributed by atoms with van der Waals surface area (Å²) in [5.41, 5.74) is 0. The summed E-state index contributed by atoms with van der Waals surface area (Å²) >= 11 is 1.61. The summed E-state index contributed by atoms with van der Waals surface area (Å²) < 4.78 is 23.6. The summed E-state index contributed by atoms with van der Waals surface area (Å²) in [6, 6.07) is 4.04. The molecule has 1 aromatic rings. The SMILES string of the molecule is CS(=O)(=O)N1CC1c1cccs1. The molecule has 0 radical (unpaired) electrons. The second kappa shape index (κ2) is 2.55. The minimum atomic E-state index is -2.96. The number of hydrogen-bond donors (Lipinski definition) is 0. The van der Waals surface area contributed by atoms with E-state index in [1.54, 1.807) is 11.3 Å². The van der Waals surface area contributed by atoms with Gasteiger partial charge in [0.25, 0.3) is 0 Å². The van der Waals surface area contributed by atoms with Crippen LogP contribution in [-0.2, 0) is 10.0 Å². The normalized spacial score (nSPS) is 28.8. The molecule has 1 saturated heterocycles. The molecule has 1 aromatic heterocycles. The molecule has 0 spiro atoms. The Bertz CT molecular complexity index is 368. The molecular formula is C7H9NO2S2. The van der Waals surface area contributed by atoms with E-state index in [2.05, 4.69) is 0 Å². The van der Waals surface area contributed by atoms with Crippen LogP contribution in [0, 0.1) is 0 Å². The average molecular weight is 203 g/mol. The zero-order valence-electron chi connectivity index (χ0n) is 6.60. The van der Waals surface area contributed by atoms with Crippen molar-refractivity contribution in [2.75, 3.05) is 12.8 Å². The van der Waals surface area contributed by atoms with Crippen molar-refractivity contribution in [3.05, 3.63) is 22.4 Å². The Morgan fingerprint density at radius 3 is 2.83 bits per heavy atom. The minimum absolute atomic E-state index is 0.125. The van der Waals surface area contributed by atoms with Crippen LogP contribution in [0.2, 0.25) is 0 Å². The lowest BCUT2D eigenvalue weighted by Crippen LogP contribution is -2.08. The van der Waals surface area contributed by atoms with Crippen molar-refractivity contribution >= 4 is 21.4 Å². The summed E-state index contributed by atoms with van der Waals surface area (Å²) in [7, 11) is -2.96. The summed E-state index contributed by atoms with van der Waals surface area (Å²) in [5, 5.41) is 1.97. The first kappa shape index (κ1) is 8.22. The predicted octanol–water partition coefficient (Wildman–Crippen LogP) is 1.06. The molecule has 1 fully saturated rings. The number of hydrogen-bond acceptors (Lipinski definition) is 3. The van der Waals surface area contributed by atoms with Gasteiger partial charge >= 0.3 is 0 Å². The third kappa shape index (κ3) is 1.39. The first-order valence-corrected chi connectivity index (χ1v) is 6.32. The lowest BCUT2D eigenvalue weighted by Gasteiger charge is -1.96. The Morgan fingerprint density at radius 1 is 1.67 bits per heavy atom. The molecule has 2 heterocycles. The van der Waals surface area contributed by atoms with Crippen LogP contribution in [0.5, 0.6) is 0 Å². The third-order valence-corrected chi connectivity index (χ3v) is 4.09. The second-order valence-corrected chi connectivity index (χ2v) is 5.78. The molecule has 2 atom stereocenters. The van der Waals surface area contributed by atoms with Crippen LogP contribution in [0.4, 0.5) is 0 Å². The number of rotatable bonds is 2. The maximum absolute atomic E-state index is 11.0. The Labute approximate surface area is 75.7 Å². The van der Waals surface area contributed by atoms with Crippen LogP contribution in [0.25, 0.3) is 0 Å². The van der Waals surface area contributed by atoms with E-state index >= 15 is 0 Å². The zero-order chi connectivity index (χ0) is 8.77. The summed E-state index contributed by atoms with van der Waals surface area (Å²) in [6.07, 6.45) is 1.25. The monoisotopic (exact) mass is 203 g/mol. The van der Waals surface area contributed by atoms with Gasteiger partial charge in [-0.3, -0.25) is 0 Å². The fourth-order valence-electron chi connectivity index (χ4n) is 1.20. The third-order valence-electron chi connectivity index (χ3n) is 1.86. The van der Waals surface area contributed by atoms with Gasteiger partial charge < -0.3 is 0 Å². The van der Waals surface area contributed by atoms with Gasteiger partial charge in [-0.15, -0.1) is 11.3 Å². The van der Waals surface area contributed by atoms with Crippen molar-refractivity contribution in [3.63, 3.8) is 0 Å². The maximum atomic E-state index is 11.0. The van der Waals surface area contributed by atoms with Crippen molar-refractivity contribution < 1.29 is 8.42 Å². The molecule has 0 aromatic carbocycles. The highest BCUT2D eigenvalue weighted by Gasteiger charge is 2.42. The largest absolute Gasteiger partial charge is 0.212 e. The molecule has 2 unspecified atom stereocenters. The molecule has 0 bridgehead atoms. The molecular weight excluding hydrogens is 194 g/mol. The van der Waals surface area contributed by atoms with E-state index in [0.717, 1.165) is 4.88 Å². The van der Waals surface area contributed by atoms with Crippen LogP contribution in [-0.4, -0.2) is 25.5 Å². The van der Waals surface area contributed by atoms with Crippen molar-refractivity contribution in [3.8, 4) is 0 Å². The number of thiophene rings is 1. The van der Waals surface area contributed by atoms with Gasteiger partial charge in [0.2, 0.25) is 10.0 Å². The lowest BCUT2D eigenvalue weighted by molar-refractivity contribution is 0.562. The van der Waals surface area contributed by atoms with Gasteiger partial charge in [-0.2, -0.15) is 4.31 Å². The van der Waals surface area contributed by atoms with Gasteiger partial charge in [0.15, 0.2) is 0 Å². The average Bonchev–Trinajstić information content (AvgIpc) is 2.60. The van der Waals surface area contributed by atoms with E-state index in [1.165, 1.54) is 10.6 Å². The number of nitrogens with zero attached hydrogens (tertiary/aromatic N) is 1. The maximum Gasteiger partial charge on any atom is 0.211 e. The van der Waals surface area contributed by atoms with Gasteiger partial charge in [-0.25, -0.2) is 8.42 Å². The zero-order valence-corrected chi connectivity index (χ0v) is 8.23. The fraction of sp³-hybridized carbons (Fsp3) is 0.429. The topological polar surface area (TPSA) is 37.1 Å². The highest BCUT2D eigenvalue weighted by atomic mass is 32.2. The van der Waals surface area contributed by atoms with Crippen LogP contribution in [0.15, 0.2) is 17.5 Å². The summed E-state index contributed by atoms with van der Waals surface area (Å²) in [5.74, 6) is 0. The standard InChI is InChI=1S/C7H9NO2S2/c1-12(9,10)8-5-6(8)7-3-2-4-11-7/h2-4,6H,5H2,1H3. The van der Waals surface area contributed by atoms with Gasteiger partial charge in [0.05, 0.1) is 12.3 Å². The van der Waals surface area contributed by atoms with E-state index in [0.29, 0.717) is 6.54 Å². The lowest BCUT2D eigenvalue weighted by atomic mass is 10.4. The highest BCUT2D eigenvalue weighted by molar-refractivity contribution is 7.88. The van der Waals surface area contributed by atoms with Crippen LogP contribution >= 0.6 is 11.3 Å². The van der Waals surface area contributed by atoms with Crippen molar-refractivity contribution in [1.82, 2.24) is 4.31 Å². The van der Waals surface area contributed by atoms with E-state index in [4.69, 9.17) is 0 Å². The molecule has 0 N–H and O–H groups in total. The Morgan fingerprint density at radius 2 is 2.42 bits per heavy atom. The van der Waals surface area contributed by atoms with Crippen molar-refractivity contribution in [2.24, 2.45) is 0 Å². The van der Waals surface area contributed by atoms with Crippen molar-refractivity contribution in [1.29, 1.82) is 0 Å². The van der Waals surface area contributed by atoms with Crippen LogP contribution in [0.1, 0.15) is 10.9 Å². The van der Waals surface area contributed by atoms with E-state index < -0.39 is 10.0 Å². The molecule has 1 aliphatic heterocycles. The van der Waals surface area contributed by atoms with E-state index in [1.807, 2.05) is 17.5 Å². The summed E-state index contributed by atoms with van der Waals surface area (Å²) in [6.45, 7) is 0.652. The van der Waals surface area contributed by atoms with Crippen LogP contribution < -0.4 is 0 Å². The van der Waals surface area contributed by atoms with Gasteiger partial charge in [-0.05, 0) is 11.4 Å². The van der Waals surface area contributed by atoms with E-state index in [9.17, 15) is 8.42 Å². The van der Waals surface area contributed by atoms with Gasteiger partial charge in [0.1, 0.15) is 0 Å². The minimum Gasteiger partial charge on any atom is -0.212 e. The molecule has 0 aliphatic carbocycles. The predicted molar refractivity (Wildman–Crippen MR) is 48.6 cm³/mol. The molecule has 0 amide bonds. The van der Waals surface area contributed by atoms with Gasteiger partial charge in [-0.1, -0.05) is 6.07 Å². The first-order valence-electron chi connectivity index (χ1n) is 3.59. The van der Waals surface area contributed by atoms with Crippen molar-refractivity contribution in [2.45, 2.75) is 6.04 Å². The smallest absolute Gasteiger partial charge is 0.211 e. The molecule has 12 heavy (non-hydrogen) atoms. The Hall–Kier alpha value is -0.390. The summed E-state index contributed by atoms with van der Waals surface area (Å²) in [4.78, 5) is 1.14. The van der Waals surface area contributed by atoms with Gasteiger partial charge in [0, 0.05) is 11.4 Å². The fourth-order valence-corrected chi connectivity index (χ4v) is 3.09. The van der Waals surface area contributed by atoms with Crippen LogP contribution in [0.3, 0.4) is 0 Å². The molecule has 3 nitrogen and oxygen atoms in total. The highest BCUT2D eigenvalue weighted by Crippen LogP contribution is 2.39. The molecule has 1 aliphatic rings.